The average Bonchev–Trinajstić information content (AvgIpc) is 3.12. The van der Waals surface area contributed by atoms with Crippen LogP contribution in [0.2, 0.25) is 5.02 Å². The molecule has 2 N–H and O–H groups in total. The first-order chi connectivity index (χ1) is 14.5. The quantitative estimate of drug-likeness (QED) is 0.617. The number of fused-ring (bicyclic) bond motifs is 1. The number of carbonyl (C=O) groups is 2. The maximum absolute atomic E-state index is 14.3. The smallest absolute Gasteiger partial charge is 0.275 e. The number of aryl methyl sites for hydroxylation is 1. The Morgan fingerprint density at radius 2 is 1.80 bits per heavy atom. The zero-order valence-corrected chi connectivity index (χ0v) is 16.4. The molecule has 3 aromatic rings. The van der Waals surface area contributed by atoms with E-state index >= 15 is 0 Å². The molecule has 0 fully saturated rings. The first kappa shape index (κ1) is 19.7. The number of aromatic nitrogens is 1. The second-order valence-corrected chi connectivity index (χ2v) is 6.73. The molecule has 0 saturated carbocycles. The minimum Gasteiger partial charge on any atom is -0.486 e. The average molecular weight is 432 g/mol. The number of hydrogen-bond acceptors (Lipinski definition) is 6. The summed E-state index contributed by atoms with van der Waals surface area (Å²) in [5.41, 5.74) is 4.63. The summed E-state index contributed by atoms with van der Waals surface area (Å²) in [7, 11) is 0. The second-order valence-electron chi connectivity index (χ2n) is 6.33. The number of nitrogens with one attached hydrogen (secondary N) is 2. The summed E-state index contributed by atoms with van der Waals surface area (Å²) in [4.78, 5) is 25.1. The van der Waals surface area contributed by atoms with Crippen LogP contribution in [0.1, 0.15) is 26.5 Å². The third-order valence-corrected chi connectivity index (χ3v) is 4.70. The highest BCUT2D eigenvalue weighted by Crippen LogP contribution is 2.33. The zero-order valence-electron chi connectivity index (χ0n) is 15.6. The Bertz CT molecular complexity index is 1130. The molecule has 0 saturated heterocycles. The molecule has 1 aliphatic heterocycles. The molecule has 8 nitrogen and oxygen atoms in total. The van der Waals surface area contributed by atoms with Crippen LogP contribution in [-0.4, -0.2) is 30.2 Å². The van der Waals surface area contributed by atoms with Gasteiger partial charge in [-0.2, -0.15) is 0 Å². The Labute approximate surface area is 174 Å². The highest BCUT2D eigenvalue weighted by Gasteiger charge is 2.26. The van der Waals surface area contributed by atoms with E-state index in [2.05, 4.69) is 16.0 Å². The topological polar surface area (TPSA) is 103 Å². The van der Waals surface area contributed by atoms with Gasteiger partial charge in [0.25, 0.3) is 11.8 Å². The van der Waals surface area contributed by atoms with Crippen molar-refractivity contribution >= 4 is 23.4 Å². The summed E-state index contributed by atoms with van der Waals surface area (Å²) >= 11 is 6.07. The van der Waals surface area contributed by atoms with Crippen molar-refractivity contribution in [3.63, 3.8) is 0 Å². The van der Waals surface area contributed by atoms with Gasteiger partial charge < -0.3 is 14.0 Å². The van der Waals surface area contributed by atoms with Gasteiger partial charge in [0.15, 0.2) is 11.5 Å². The third kappa shape index (κ3) is 3.67. The molecule has 0 aliphatic carbocycles. The second kappa shape index (κ2) is 8.03. The van der Waals surface area contributed by atoms with Crippen LogP contribution in [0.25, 0.3) is 11.3 Å². The van der Waals surface area contributed by atoms with E-state index in [9.17, 15) is 14.0 Å². The predicted octanol–water partition coefficient (Wildman–Crippen LogP) is 3.29. The first-order valence-electron chi connectivity index (χ1n) is 8.86. The Morgan fingerprint density at radius 3 is 2.57 bits per heavy atom. The number of hydrogen-bond donors (Lipinski definition) is 2. The molecule has 0 bridgehead atoms. The van der Waals surface area contributed by atoms with Crippen molar-refractivity contribution < 1.29 is 28.0 Å². The van der Waals surface area contributed by atoms with Gasteiger partial charge in [0.1, 0.15) is 36.0 Å². The van der Waals surface area contributed by atoms with Gasteiger partial charge in [-0.15, -0.1) is 0 Å². The van der Waals surface area contributed by atoms with Gasteiger partial charge in [-0.3, -0.25) is 20.4 Å². The minimum absolute atomic E-state index is 0.0514. The molecule has 30 heavy (non-hydrogen) atoms. The largest absolute Gasteiger partial charge is 0.486 e. The molecule has 0 unspecified atom stereocenters. The molecule has 2 aromatic carbocycles. The van der Waals surface area contributed by atoms with E-state index in [1.807, 2.05) is 0 Å². The summed E-state index contributed by atoms with van der Waals surface area (Å²) in [6.07, 6.45) is 0. The molecule has 10 heteroatoms. The fourth-order valence-electron chi connectivity index (χ4n) is 2.97. The molecular formula is C20H15ClFN3O5. The van der Waals surface area contributed by atoms with Crippen molar-refractivity contribution in [2.24, 2.45) is 0 Å². The molecule has 1 aliphatic rings. The number of halogens is 2. The van der Waals surface area contributed by atoms with Crippen LogP contribution >= 0.6 is 11.6 Å². The van der Waals surface area contributed by atoms with Gasteiger partial charge in [-0.05, 0) is 37.3 Å². The summed E-state index contributed by atoms with van der Waals surface area (Å²) in [5.74, 6) is -0.880. The van der Waals surface area contributed by atoms with E-state index in [0.717, 1.165) is 0 Å². The van der Waals surface area contributed by atoms with E-state index in [0.29, 0.717) is 24.7 Å². The molecule has 2 heterocycles. The fraction of sp³-hybridized carbons (Fsp3) is 0.150. The highest BCUT2D eigenvalue weighted by molar-refractivity contribution is 6.33. The van der Waals surface area contributed by atoms with E-state index in [1.165, 1.54) is 37.3 Å². The minimum atomic E-state index is -0.742. The van der Waals surface area contributed by atoms with E-state index < -0.39 is 17.6 Å². The van der Waals surface area contributed by atoms with Gasteiger partial charge in [0.05, 0.1) is 10.6 Å². The number of benzene rings is 2. The first-order valence-corrected chi connectivity index (χ1v) is 9.24. The van der Waals surface area contributed by atoms with Gasteiger partial charge in [0, 0.05) is 5.56 Å². The van der Waals surface area contributed by atoms with Crippen LogP contribution in [0.4, 0.5) is 4.39 Å². The summed E-state index contributed by atoms with van der Waals surface area (Å²) < 4.78 is 30.2. The van der Waals surface area contributed by atoms with E-state index in [1.54, 1.807) is 6.07 Å². The van der Waals surface area contributed by atoms with Gasteiger partial charge in [-0.1, -0.05) is 22.8 Å². The maximum Gasteiger partial charge on any atom is 0.275 e. The predicted molar refractivity (Wildman–Crippen MR) is 104 cm³/mol. The van der Waals surface area contributed by atoms with Crippen molar-refractivity contribution in [3.05, 3.63) is 64.1 Å². The van der Waals surface area contributed by atoms with Crippen LogP contribution in [0.3, 0.4) is 0 Å². The van der Waals surface area contributed by atoms with Crippen LogP contribution in [0, 0.1) is 12.7 Å². The van der Waals surface area contributed by atoms with Crippen molar-refractivity contribution in [1.29, 1.82) is 0 Å². The van der Waals surface area contributed by atoms with Crippen molar-refractivity contribution in [2.75, 3.05) is 13.2 Å². The fourth-order valence-corrected chi connectivity index (χ4v) is 3.22. The highest BCUT2D eigenvalue weighted by atomic mass is 35.5. The number of hydrazine groups is 1. The van der Waals surface area contributed by atoms with Gasteiger partial charge in [-0.25, -0.2) is 4.39 Å². The van der Waals surface area contributed by atoms with Crippen molar-refractivity contribution in [3.8, 4) is 22.8 Å². The summed E-state index contributed by atoms with van der Waals surface area (Å²) in [6.45, 7) is 2.30. The molecule has 0 atom stereocenters. The Hall–Kier alpha value is -3.59. The molecular weight excluding hydrogens is 417 g/mol. The van der Waals surface area contributed by atoms with Crippen molar-refractivity contribution in [1.82, 2.24) is 16.0 Å². The van der Waals surface area contributed by atoms with Crippen LogP contribution in [0.15, 0.2) is 40.9 Å². The standard InChI is InChI=1S/C20H15ClFN3O5/c1-10-16(18(25-30-10)17-12(21)3-2-4-13(17)22)20(27)24-23-19(26)11-5-6-14-15(9-11)29-8-7-28-14/h2-6,9H,7-8H2,1H3,(H,23,26)(H,24,27). The number of nitrogens with zero attached hydrogens (tertiary/aromatic N) is 1. The third-order valence-electron chi connectivity index (χ3n) is 4.38. The van der Waals surface area contributed by atoms with Crippen LogP contribution < -0.4 is 20.3 Å². The summed E-state index contributed by atoms with van der Waals surface area (Å²) in [6, 6.07) is 8.73. The Balaban J connectivity index is 1.53. The van der Waals surface area contributed by atoms with Crippen LogP contribution in [0.5, 0.6) is 11.5 Å². The SMILES string of the molecule is Cc1onc(-c2c(F)cccc2Cl)c1C(=O)NNC(=O)c1ccc2c(c1)OCCO2. The molecule has 4 rings (SSSR count). The molecule has 0 radical (unpaired) electrons. The molecule has 0 spiro atoms. The lowest BCUT2D eigenvalue weighted by Crippen LogP contribution is -2.42. The van der Waals surface area contributed by atoms with E-state index in [-0.39, 0.29) is 33.2 Å². The van der Waals surface area contributed by atoms with Crippen molar-refractivity contribution in [2.45, 2.75) is 6.92 Å². The monoisotopic (exact) mass is 431 g/mol. The molecule has 1 aromatic heterocycles. The van der Waals surface area contributed by atoms with Gasteiger partial charge >= 0.3 is 0 Å². The molecule has 2 amide bonds. The lowest BCUT2D eigenvalue weighted by atomic mass is 10.1. The molecule has 154 valence electrons. The lowest BCUT2D eigenvalue weighted by molar-refractivity contribution is 0.0845. The zero-order chi connectivity index (χ0) is 21.3. The maximum atomic E-state index is 14.3. The number of rotatable bonds is 3. The van der Waals surface area contributed by atoms with Crippen LogP contribution in [-0.2, 0) is 0 Å². The number of ether oxygens (including phenoxy) is 2. The van der Waals surface area contributed by atoms with E-state index in [4.69, 9.17) is 25.6 Å². The summed E-state index contributed by atoms with van der Waals surface area (Å²) in [5, 5.41) is 3.83. The Kier molecular flexibility index (Phi) is 5.28. The Morgan fingerprint density at radius 1 is 1.07 bits per heavy atom. The number of carbonyl (C=O) groups excluding carboxylic acids is 2. The van der Waals surface area contributed by atoms with Gasteiger partial charge in [0.2, 0.25) is 0 Å². The lowest BCUT2D eigenvalue weighted by Gasteiger charge is -2.18. The number of amides is 2. The normalized spacial score (nSPS) is 12.4.